The summed E-state index contributed by atoms with van der Waals surface area (Å²) in [4.78, 5) is 10.6. The van der Waals surface area contributed by atoms with Crippen molar-refractivity contribution in [3.8, 4) is 0 Å². The standard InChI is InChI=1S/C8H6F6N2O/c1-4(17)3-16-6(8(12,13)14)2-5(15-16)7(9,10)11/h2H,3H2,1H3. The van der Waals surface area contributed by atoms with Crippen LogP contribution in [0.1, 0.15) is 18.3 Å². The van der Waals surface area contributed by atoms with E-state index >= 15 is 0 Å². The molecule has 96 valence electrons. The van der Waals surface area contributed by atoms with E-state index in [2.05, 4.69) is 5.10 Å². The molecule has 0 saturated heterocycles. The highest BCUT2D eigenvalue weighted by Crippen LogP contribution is 2.34. The molecule has 9 heteroatoms. The number of carbonyl (C=O) groups excluding carboxylic acids is 1. The number of carbonyl (C=O) groups is 1. The minimum absolute atomic E-state index is 0.00512. The zero-order chi connectivity index (χ0) is 13.4. The van der Waals surface area contributed by atoms with Gasteiger partial charge < -0.3 is 0 Å². The Morgan fingerprint density at radius 2 is 1.76 bits per heavy atom. The molecule has 0 aliphatic heterocycles. The van der Waals surface area contributed by atoms with Crippen LogP contribution in [0, 0.1) is 0 Å². The molecule has 17 heavy (non-hydrogen) atoms. The molecule has 3 nitrogen and oxygen atoms in total. The van der Waals surface area contributed by atoms with Crippen molar-refractivity contribution in [1.29, 1.82) is 0 Å². The Morgan fingerprint density at radius 1 is 1.24 bits per heavy atom. The van der Waals surface area contributed by atoms with E-state index in [0.717, 1.165) is 6.92 Å². The first-order valence-electron chi connectivity index (χ1n) is 4.23. The summed E-state index contributed by atoms with van der Waals surface area (Å²) in [7, 11) is 0. The molecule has 0 radical (unpaired) electrons. The lowest BCUT2D eigenvalue weighted by Crippen LogP contribution is -2.18. The number of aromatic nitrogens is 2. The summed E-state index contributed by atoms with van der Waals surface area (Å²) < 4.78 is 73.6. The van der Waals surface area contributed by atoms with Crippen LogP contribution in [0.25, 0.3) is 0 Å². The summed E-state index contributed by atoms with van der Waals surface area (Å²) in [5, 5.41) is 2.74. The van der Waals surface area contributed by atoms with E-state index in [0.29, 0.717) is 0 Å². The summed E-state index contributed by atoms with van der Waals surface area (Å²) in [5.74, 6) is -0.729. The molecule has 0 atom stereocenters. The van der Waals surface area contributed by atoms with Crippen molar-refractivity contribution in [2.45, 2.75) is 25.8 Å². The monoisotopic (exact) mass is 260 g/mol. The molecule has 0 N–H and O–H groups in total. The molecule has 1 aromatic heterocycles. The lowest BCUT2D eigenvalue weighted by molar-refractivity contribution is -0.144. The molecule has 0 amide bonds. The Morgan fingerprint density at radius 3 is 2.12 bits per heavy atom. The van der Waals surface area contributed by atoms with Gasteiger partial charge in [-0.25, -0.2) is 0 Å². The quantitative estimate of drug-likeness (QED) is 0.766. The van der Waals surface area contributed by atoms with Crippen LogP contribution in [0.3, 0.4) is 0 Å². The van der Waals surface area contributed by atoms with Gasteiger partial charge in [-0.3, -0.25) is 9.48 Å². The van der Waals surface area contributed by atoms with Crippen molar-refractivity contribution < 1.29 is 31.1 Å². The summed E-state index contributed by atoms with van der Waals surface area (Å²) in [6, 6.07) is -0.122. The number of halogens is 6. The van der Waals surface area contributed by atoms with E-state index in [1.165, 1.54) is 0 Å². The van der Waals surface area contributed by atoms with Crippen molar-refractivity contribution in [2.24, 2.45) is 0 Å². The van der Waals surface area contributed by atoms with Crippen LogP contribution in [0.15, 0.2) is 6.07 Å². The molecule has 1 heterocycles. The second-order valence-corrected chi connectivity index (χ2v) is 3.27. The van der Waals surface area contributed by atoms with Crippen molar-refractivity contribution in [2.75, 3.05) is 0 Å². The number of ketones is 1. The number of hydrogen-bond donors (Lipinski definition) is 0. The smallest absolute Gasteiger partial charge is 0.298 e. The van der Waals surface area contributed by atoms with Gasteiger partial charge in [-0.1, -0.05) is 0 Å². The van der Waals surface area contributed by atoms with Crippen LogP contribution in [0.4, 0.5) is 26.3 Å². The summed E-state index contributed by atoms with van der Waals surface area (Å²) in [5.41, 5.74) is -3.27. The molecule has 0 unspecified atom stereocenters. The van der Waals surface area contributed by atoms with Gasteiger partial charge in [0.25, 0.3) is 0 Å². The normalized spacial score (nSPS) is 12.9. The Hall–Kier alpha value is -1.54. The van der Waals surface area contributed by atoms with Gasteiger partial charge in [0.15, 0.2) is 11.5 Å². The SMILES string of the molecule is CC(=O)Cn1nc(C(F)(F)F)cc1C(F)(F)F. The van der Waals surface area contributed by atoms with Gasteiger partial charge in [-0.2, -0.15) is 31.4 Å². The average molecular weight is 260 g/mol. The first-order chi connectivity index (χ1) is 7.51. The molecule has 0 aliphatic rings. The van der Waals surface area contributed by atoms with Crippen LogP contribution in [0.5, 0.6) is 0 Å². The van der Waals surface area contributed by atoms with Gasteiger partial charge in [-0.15, -0.1) is 0 Å². The zero-order valence-electron chi connectivity index (χ0n) is 8.35. The fourth-order valence-electron chi connectivity index (χ4n) is 1.11. The maximum atomic E-state index is 12.4. The number of Topliss-reactive ketones (excluding diaryl/α,β-unsaturated/α-hetero) is 1. The molecule has 0 bridgehead atoms. The largest absolute Gasteiger partial charge is 0.435 e. The van der Waals surface area contributed by atoms with Gasteiger partial charge in [0.2, 0.25) is 0 Å². The number of rotatable bonds is 2. The summed E-state index contributed by atoms with van der Waals surface area (Å²) in [6.45, 7) is 0.0972. The molecule has 0 spiro atoms. The van der Waals surface area contributed by atoms with E-state index in [-0.39, 0.29) is 10.7 Å². The highest BCUT2D eigenvalue weighted by atomic mass is 19.4. The van der Waals surface area contributed by atoms with E-state index in [4.69, 9.17) is 0 Å². The Kier molecular flexibility index (Phi) is 3.22. The highest BCUT2D eigenvalue weighted by Gasteiger charge is 2.41. The molecule has 1 rings (SSSR count). The summed E-state index contributed by atoms with van der Waals surface area (Å²) >= 11 is 0. The maximum Gasteiger partial charge on any atom is 0.435 e. The molecule has 0 aliphatic carbocycles. The number of alkyl halides is 6. The van der Waals surface area contributed by atoms with Crippen molar-refractivity contribution in [1.82, 2.24) is 9.78 Å². The number of hydrogen-bond acceptors (Lipinski definition) is 2. The van der Waals surface area contributed by atoms with E-state index in [1.54, 1.807) is 0 Å². The lowest BCUT2D eigenvalue weighted by Gasteiger charge is -2.07. The third-order valence-corrected chi connectivity index (χ3v) is 1.73. The zero-order valence-corrected chi connectivity index (χ0v) is 8.35. The van der Waals surface area contributed by atoms with Gasteiger partial charge in [0.05, 0.1) is 6.54 Å². The average Bonchev–Trinajstić information content (AvgIpc) is 2.44. The fraction of sp³-hybridized carbons (Fsp3) is 0.500. The Bertz CT molecular complexity index is 430. The lowest BCUT2D eigenvalue weighted by atomic mass is 10.3. The van der Waals surface area contributed by atoms with Crippen LogP contribution in [-0.2, 0) is 23.7 Å². The van der Waals surface area contributed by atoms with E-state index in [9.17, 15) is 31.1 Å². The van der Waals surface area contributed by atoms with Gasteiger partial charge in [0, 0.05) is 6.07 Å². The van der Waals surface area contributed by atoms with Gasteiger partial charge in [0.1, 0.15) is 5.69 Å². The molecule has 0 saturated carbocycles. The van der Waals surface area contributed by atoms with Crippen LogP contribution < -0.4 is 0 Å². The maximum absolute atomic E-state index is 12.4. The van der Waals surface area contributed by atoms with E-state index < -0.39 is 36.1 Å². The van der Waals surface area contributed by atoms with E-state index in [1.807, 2.05) is 0 Å². The second-order valence-electron chi connectivity index (χ2n) is 3.27. The first kappa shape index (κ1) is 13.5. The van der Waals surface area contributed by atoms with Crippen molar-refractivity contribution in [3.63, 3.8) is 0 Å². The van der Waals surface area contributed by atoms with Gasteiger partial charge in [-0.05, 0) is 6.92 Å². The Labute approximate surface area is 91.0 Å². The van der Waals surface area contributed by atoms with Crippen LogP contribution >= 0.6 is 0 Å². The third-order valence-electron chi connectivity index (χ3n) is 1.73. The molecule has 0 fully saturated rings. The highest BCUT2D eigenvalue weighted by molar-refractivity contribution is 5.75. The van der Waals surface area contributed by atoms with Crippen molar-refractivity contribution >= 4 is 5.78 Å². The predicted octanol–water partition coefficient (Wildman–Crippen LogP) is 2.51. The minimum atomic E-state index is -4.99. The topological polar surface area (TPSA) is 34.9 Å². The number of nitrogens with zero attached hydrogens (tertiary/aromatic N) is 2. The third kappa shape index (κ3) is 3.21. The van der Waals surface area contributed by atoms with Crippen LogP contribution in [-0.4, -0.2) is 15.6 Å². The predicted molar refractivity (Wildman–Crippen MR) is 42.9 cm³/mol. The second kappa shape index (κ2) is 4.04. The van der Waals surface area contributed by atoms with Crippen molar-refractivity contribution in [3.05, 3.63) is 17.5 Å². The molecular weight excluding hydrogens is 254 g/mol. The molecular formula is C8H6F6N2O. The molecule has 1 aromatic rings. The Balaban J connectivity index is 3.27. The van der Waals surface area contributed by atoms with Gasteiger partial charge >= 0.3 is 12.4 Å². The first-order valence-corrected chi connectivity index (χ1v) is 4.23. The molecule has 0 aromatic carbocycles. The fourth-order valence-corrected chi connectivity index (χ4v) is 1.11. The minimum Gasteiger partial charge on any atom is -0.298 e. The summed E-state index contributed by atoms with van der Waals surface area (Å²) in [6.07, 6.45) is -9.98. The van der Waals surface area contributed by atoms with Crippen LogP contribution in [0.2, 0.25) is 0 Å².